The highest BCUT2D eigenvalue weighted by atomic mass is 14.7. The summed E-state index contributed by atoms with van der Waals surface area (Å²) >= 11 is 0. The second-order valence-corrected chi connectivity index (χ2v) is 3.02. The van der Waals surface area contributed by atoms with E-state index in [1.165, 1.54) is 5.57 Å². The summed E-state index contributed by atoms with van der Waals surface area (Å²) < 4.78 is 0. The van der Waals surface area contributed by atoms with Crippen LogP contribution in [0.2, 0.25) is 0 Å². The summed E-state index contributed by atoms with van der Waals surface area (Å²) in [6.07, 6.45) is 5.69. The maximum absolute atomic E-state index is 4.34. The smallest absolute Gasteiger partial charge is 0.0375 e. The first-order valence-electron chi connectivity index (χ1n) is 4.05. The molecule has 0 aliphatic rings. The van der Waals surface area contributed by atoms with Crippen molar-refractivity contribution >= 4 is 5.71 Å². The van der Waals surface area contributed by atoms with E-state index in [0.717, 1.165) is 11.4 Å². The van der Waals surface area contributed by atoms with Crippen LogP contribution in [0.4, 0.5) is 0 Å². The first-order valence-corrected chi connectivity index (χ1v) is 4.05. The van der Waals surface area contributed by atoms with E-state index in [9.17, 15) is 0 Å². The summed E-state index contributed by atoms with van der Waals surface area (Å²) in [5.74, 6) is 0. The Morgan fingerprint density at radius 1 is 1.17 bits per heavy atom. The van der Waals surface area contributed by atoms with Gasteiger partial charge in [0.1, 0.15) is 0 Å². The van der Waals surface area contributed by atoms with Gasteiger partial charge in [-0.15, -0.1) is 0 Å². The molecule has 1 heteroatoms. The largest absolute Gasteiger partial charge is 0.258 e. The van der Waals surface area contributed by atoms with Crippen LogP contribution in [-0.4, -0.2) is 5.71 Å². The van der Waals surface area contributed by atoms with E-state index >= 15 is 0 Å². The number of rotatable bonds is 3. The molecule has 0 heterocycles. The summed E-state index contributed by atoms with van der Waals surface area (Å²) in [5, 5.41) is 0. The summed E-state index contributed by atoms with van der Waals surface area (Å²) in [5.41, 5.74) is 3.29. The molecule has 12 heavy (non-hydrogen) atoms. The van der Waals surface area contributed by atoms with Gasteiger partial charge in [-0.25, -0.2) is 0 Å². The minimum absolute atomic E-state index is 0.986. The van der Waals surface area contributed by atoms with Crippen molar-refractivity contribution in [1.82, 2.24) is 0 Å². The number of hydrogen-bond donors (Lipinski definition) is 0. The van der Waals surface area contributed by atoms with Gasteiger partial charge in [0.25, 0.3) is 0 Å². The van der Waals surface area contributed by atoms with Crippen LogP contribution in [0.25, 0.3) is 0 Å². The van der Waals surface area contributed by atoms with Gasteiger partial charge >= 0.3 is 0 Å². The fourth-order valence-electron chi connectivity index (χ4n) is 0.936. The molecule has 0 spiro atoms. The first kappa shape index (κ1) is 10.9. The van der Waals surface area contributed by atoms with Gasteiger partial charge in [0.2, 0.25) is 0 Å². The van der Waals surface area contributed by atoms with Crippen molar-refractivity contribution in [2.45, 2.75) is 27.7 Å². The minimum Gasteiger partial charge on any atom is -0.258 e. The average molecular weight is 163 g/mol. The van der Waals surface area contributed by atoms with Crippen LogP contribution in [0.3, 0.4) is 0 Å². The fourth-order valence-corrected chi connectivity index (χ4v) is 0.936. The van der Waals surface area contributed by atoms with Gasteiger partial charge in [0, 0.05) is 11.4 Å². The topological polar surface area (TPSA) is 12.4 Å². The first-order chi connectivity index (χ1) is 5.56. The summed E-state index contributed by atoms with van der Waals surface area (Å²) in [6.45, 7) is 11.7. The van der Waals surface area contributed by atoms with Gasteiger partial charge in [0.15, 0.2) is 0 Å². The highest BCUT2D eigenvalue weighted by Crippen LogP contribution is 1.98. The third-order valence-corrected chi connectivity index (χ3v) is 1.21. The van der Waals surface area contributed by atoms with Gasteiger partial charge in [-0.3, -0.25) is 4.99 Å². The van der Waals surface area contributed by atoms with Gasteiger partial charge < -0.3 is 0 Å². The molecule has 1 nitrogen and oxygen atoms in total. The lowest BCUT2D eigenvalue weighted by Gasteiger charge is -1.94. The number of nitrogens with zero attached hydrogens (tertiary/aromatic N) is 1. The van der Waals surface area contributed by atoms with E-state index in [0.29, 0.717) is 0 Å². The Kier molecular flexibility index (Phi) is 5.02. The SMILES string of the molecule is C=C/C=C(/C)N=C(C)C=C(C)C. The highest BCUT2D eigenvalue weighted by molar-refractivity contribution is 5.93. The second kappa shape index (κ2) is 5.53. The molecular weight excluding hydrogens is 146 g/mol. The third kappa shape index (κ3) is 5.66. The highest BCUT2D eigenvalue weighted by Gasteiger charge is 1.85. The Morgan fingerprint density at radius 3 is 2.17 bits per heavy atom. The molecule has 0 fully saturated rings. The molecular formula is C11H17N. The van der Waals surface area contributed by atoms with Crippen LogP contribution in [0.5, 0.6) is 0 Å². The van der Waals surface area contributed by atoms with Crippen molar-refractivity contribution < 1.29 is 0 Å². The molecule has 0 N–H and O–H groups in total. The predicted molar refractivity (Wildman–Crippen MR) is 56.5 cm³/mol. The Labute approximate surface area is 75.2 Å². The van der Waals surface area contributed by atoms with Crippen molar-refractivity contribution in [2.24, 2.45) is 4.99 Å². The lowest BCUT2D eigenvalue weighted by atomic mass is 10.2. The van der Waals surface area contributed by atoms with E-state index < -0.39 is 0 Å². The molecule has 0 unspecified atom stereocenters. The number of allylic oxidation sites excluding steroid dienone is 5. The molecule has 0 aliphatic carbocycles. The van der Waals surface area contributed by atoms with Gasteiger partial charge in [-0.05, 0) is 39.8 Å². The average Bonchev–Trinajstić information content (AvgIpc) is 1.84. The zero-order valence-corrected chi connectivity index (χ0v) is 8.39. The van der Waals surface area contributed by atoms with Crippen molar-refractivity contribution in [1.29, 1.82) is 0 Å². The van der Waals surface area contributed by atoms with Crippen LogP contribution in [0.1, 0.15) is 27.7 Å². The van der Waals surface area contributed by atoms with Crippen LogP contribution in [0.15, 0.2) is 41.1 Å². The zero-order valence-electron chi connectivity index (χ0n) is 8.39. The van der Waals surface area contributed by atoms with E-state index in [2.05, 4.69) is 31.5 Å². The molecule has 0 aromatic rings. The van der Waals surface area contributed by atoms with Crippen molar-refractivity contribution in [3.8, 4) is 0 Å². The molecule has 0 saturated heterocycles. The zero-order chi connectivity index (χ0) is 9.56. The number of aliphatic imine (C=N–C) groups is 1. The van der Waals surface area contributed by atoms with E-state index in [1.54, 1.807) is 6.08 Å². The van der Waals surface area contributed by atoms with Crippen molar-refractivity contribution in [2.75, 3.05) is 0 Å². The number of hydrogen-bond acceptors (Lipinski definition) is 1. The van der Waals surface area contributed by atoms with Gasteiger partial charge in [0.05, 0.1) is 0 Å². The molecule has 0 saturated carbocycles. The van der Waals surface area contributed by atoms with Crippen molar-refractivity contribution in [3.63, 3.8) is 0 Å². The fraction of sp³-hybridized carbons (Fsp3) is 0.364. The van der Waals surface area contributed by atoms with Gasteiger partial charge in [-0.1, -0.05) is 18.2 Å². The third-order valence-electron chi connectivity index (χ3n) is 1.21. The Morgan fingerprint density at radius 2 is 1.75 bits per heavy atom. The van der Waals surface area contributed by atoms with Crippen LogP contribution >= 0.6 is 0 Å². The molecule has 0 bridgehead atoms. The Bertz CT molecular complexity index is 238. The summed E-state index contributed by atoms with van der Waals surface area (Å²) in [6, 6.07) is 0. The van der Waals surface area contributed by atoms with Crippen LogP contribution in [0, 0.1) is 0 Å². The summed E-state index contributed by atoms with van der Waals surface area (Å²) in [7, 11) is 0. The molecule has 0 rings (SSSR count). The molecule has 0 aromatic heterocycles. The Balaban J connectivity index is 4.46. The second-order valence-electron chi connectivity index (χ2n) is 3.02. The minimum atomic E-state index is 0.986. The quantitative estimate of drug-likeness (QED) is 0.446. The summed E-state index contributed by atoms with van der Waals surface area (Å²) in [4.78, 5) is 4.34. The van der Waals surface area contributed by atoms with E-state index in [4.69, 9.17) is 0 Å². The van der Waals surface area contributed by atoms with Crippen LogP contribution in [-0.2, 0) is 0 Å². The van der Waals surface area contributed by atoms with Gasteiger partial charge in [-0.2, -0.15) is 0 Å². The maximum Gasteiger partial charge on any atom is 0.0375 e. The predicted octanol–water partition coefficient (Wildman–Crippen LogP) is 3.50. The molecule has 0 radical (unpaired) electrons. The normalized spacial score (nSPS) is 12.7. The molecule has 66 valence electrons. The van der Waals surface area contributed by atoms with Crippen molar-refractivity contribution in [3.05, 3.63) is 36.1 Å². The van der Waals surface area contributed by atoms with E-state index in [1.807, 2.05) is 19.9 Å². The molecule has 0 amide bonds. The molecule has 0 aromatic carbocycles. The maximum atomic E-state index is 4.34. The molecule has 0 aliphatic heterocycles. The van der Waals surface area contributed by atoms with E-state index in [-0.39, 0.29) is 0 Å². The van der Waals surface area contributed by atoms with Crippen LogP contribution < -0.4 is 0 Å². The Hall–Kier alpha value is -1.11. The lowest BCUT2D eigenvalue weighted by molar-refractivity contribution is 1.29. The monoisotopic (exact) mass is 163 g/mol. The lowest BCUT2D eigenvalue weighted by Crippen LogP contribution is -1.86. The molecule has 0 atom stereocenters. The standard InChI is InChI=1S/C11H17N/c1-6-7-10(4)12-11(5)8-9(2)3/h6-8H,1H2,2-5H3/b10-7-,12-11?.